The molecule has 0 bridgehead atoms. The molecule has 0 aliphatic carbocycles. The Bertz CT molecular complexity index is 1710. The molecule has 0 saturated carbocycles. The zero-order valence-corrected chi connectivity index (χ0v) is 21.1. The summed E-state index contributed by atoms with van der Waals surface area (Å²) in [4.78, 5) is 36.0. The lowest BCUT2D eigenvalue weighted by atomic mass is 9.99. The van der Waals surface area contributed by atoms with Crippen molar-refractivity contribution in [3.63, 3.8) is 0 Å². The molecule has 37 heavy (non-hydrogen) atoms. The number of nitrogens with zero attached hydrogens (tertiary/aromatic N) is 6. The maximum absolute atomic E-state index is 13.2. The van der Waals surface area contributed by atoms with Gasteiger partial charge in [-0.15, -0.1) is 0 Å². The average Bonchev–Trinajstić information content (AvgIpc) is 3.37. The van der Waals surface area contributed by atoms with E-state index in [0.717, 1.165) is 20.9 Å². The predicted octanol–water partition coefficient (Wildman–Crippen LogP) is 2.60. The molecule has 0 unspecified atom stereocenters. The monoisotopic (exact) mass is 499 g/mol. The van der Waals surface area contributed by atoms with E-state index in [1.165, 1.54) is 11.6 Å². The van der Waals surface area contributed by atoms with E-state index in [2.05, 4.69) is 33.6 Å². The van der Waals surface area contributed by atoms with Crippen LogP contribution in [0.1, 0.15) is 37.2 Å². The van der Waals surface area contributed by atoms with Gasteiger partial charge >= 0.3 is 5.69 Å². The minimum absolute atomic E-state index is 0.0145. The highest BCUT2D eigenvalue weighted by Gasteiger charge is 2.23. The fraction of sp³-hybridized carbons (Fsp3) is 0.333. The highest BCUT2D eigenvalue weighted by Crippen LogP contribution is 2.28. The normalized spacial score (nSPS) is 11.7. The summed E-state index contributed by atoms with van der Waals surface area (Å²) in [6, 6.07) is 14.2. The van der Waals surface area contributed by atoms with Crippen molar-refractivity contribution in [3.8, 4) is 11.4 Å². The first kappa shape index (κ1) is 24.5. The molecule has 0 saturated heterocycles. The smallest absolute Gasteiger partial charge is 0.332 e. The summed E-state index contributed by atoms with van der Waals surface area (Å²) in [5, 5.41) is 22.8. The van der Waals surface area contributed by atoms with Crippen LogP contribution < -0.4 is 11.2 Å². The first-order chi connectivity index (χ1) is 17.9. The second kappa shape index (κ2) is 10.1. The summed E-state index contributed by atoms with van der Waals surface area (Å²) in [6.07, 6.45) is 1.41. The first-order valence-corrected chi connectivity index (χ1v) is 12.4. The Labute approximate surface area is 212 Å². The lowest BCUT2D eigenvalue weighted by molar-refractivity contribution is 0.288. The summed E-state index contributed by atoms with van der Waals surface area (Å²) < 4.78 is 2.60. The Morgan fingerprint density at radius 3 is 2.54 bits per heavy atom. The molecule has 5 rings (SSSR count). The molecule has 0 spiro atoms. The number of fused-ring (bicyclic) bond motifs is 2. The summed E-state index contributed by atoms with van der Waals surface area (Å²) >= 11 is 0. The van der Waals surface area contributed by atoms with Crippen molar-refractivity contribution in [2.45, 2.75) is 39.7 Å². The zero-order chi connectivity index (χ0) is 26.1. The number of aliphatic hydroxyl groups excluding tert-OH is 1. The van der Waals surface area contributed by atoms with Crippen molar-refractivity contribution >= 4 is 21.9 Å². The molecule has 10 heteroatoms. The molecule has 5 aromatic rings. The SMILES string of the molecule is CC(C)Cn1c(=O)n(C)c(=O)c2nc(-c3n[nH]nc3CCCO)c(Cc3cccc4ccccc34)nc21. The highest BCUT2D eigenvalue weighted by atomic mass is 16.3. The third kappa shape index (κ3) is 4.55. The van der Waals surface area contributed by atoms with Gasteiger partial charge in [-0.3, -0.25) is 13.9 Å². The summed E-state index contributed by atoms with van der Waals surface area (Å²) in [6.45, 7) is 4.42. The number of aryl methyl sites for hydroxylation is 1. The van der Waals surface area contributed by atoms with E-state index < -0.39 is 11.2 Å². The average molecular weight is 500 g/mol. The maximum atomic E-state index is 13.2. The molecule has 2 N–H and O–H groups in total. The molecule has 0 aliphatic heterocycles. The van der Waals surface area contributed by atoms with E-state index in [9.17, 15) is 14.7 Å². The van der Waals surface area contributed by atoms with Gasteiger partial charge in [0.2, 0.25) is 0 Å². The van der Waals surface area contributed by atoms with Crippen LogP contribution in [0.2, 0.25) is 0 Å². The minimum Gasteiger partial charge on any atom is -0.396 e. The molecule has 3 aromatic heterocycles. The molecule has 190 valence electrons. The Morgan fingerprint density at radius 2 is 1.76 bits per heavy atom. The van der Waals surface area contributed by atoms with Crippen molar-refractivity contribution in [2.75, 3.05) is 6.61 Å². The highest BCUT2D eigenvalue weighted by molar-refractivity contribution is 5.86. The third-order valence-corrected chi connectivity index (χ3v) is 6.43. The standard InChI is InChI=1S/C27H29N7O3/c1-16(2)15-34-25-24(26(36)33(3)27(34)37)29-22(23-20(12-7-13-35)30-32-31-23)21(28-25)14-18-10-6-9-17-8-4-5-11-19(17)18/h4-6,8-11,16,35H,7,12-15H2,1-3H3,(H,30,31,32). The van der Waals surface area contributed by atoms with E-state index in [-0.39, 0.29) is 23.7 Å². The van der Waals surface area contributed by atoms with Crippen LogP contribution >= 0.6 is 0 Å². The number of aromatic nitrogens is 7. The second-order valence-corrected chi connectivity index (χ2v) is 9.60. The quantitative estimate of drug-likeness (QED) is 0.335. The molecule has 0 amide bonds. The molecule has 3 heterocycles. The predicted molar refractivity (Wildman–Crippen MR) is 141 cm³/mol. The fourth-order valence-corrected chi connectivity index (χ4v) is 4.64. The van der Waals surface area contributed by atoms with Crippen molar-refractivity contribution in [3.05, 3.63) is 80.3 Å². The largest absolute Gasteiger partial charge is 0.396 e. The number of benzene rings is 2. The summed E-state index contributed by atoms with van der Waals surface area (Å²) in [5.41, 5.74) is 2.63. The van der Waals surface area contributed by atoms with Crippen LogP contribution in [0.15, 0.2) is 52.1 Å². The van der Waals surface area contributed by atoms with Crippen LogP contribution in [-0.4, -0.2) is 46.2 Å². The summed E-state index contributed by atoms with van der Waals surface area (Å²) in [7, 11) is 1.45. The number of hydrogen-bond acceptors (Lipinski definition) is 7. The van der Waals surface area contributed by atoms with Gasteiger partial charge in [-0.1, -0.05) is 56.3 Å². The van der Waals surface area contributed by atoms with Gasteiger partial charge in [0, 0.05) is 26.6 Å². The number of hydrogen-bond donors (Lipinski definition) is 2. The third-order valence-electron chi connectivity index (χ3n) is 6.43. The maximum Gasteiger partial charge on any atom is 0.332 e. The minimum atomic E-state index is -0.508. The van der Waals surface area contributed by atoms with Gasteiger partial charge in [-0.25, -0.2) is 14.8 Å². The number of aromatic amines is 1. The van der Waals surface area contributed by atoms with Gasteiger partial charge in [0.05, 0.1) is 11.4 Å². The molecule has 0 aliphatic rings. The first-order valence-electron chi connectivity index (χ1n) is 12.4. The zero-order valence-electron chi connectivity index (χ0n) is 21.1. The van der Waals surface area contributed by atoms with Gasteiger partial charge < -0.3 is 5.11 Å². The van der Waals surface area contributed by atoms with Gasteiger partial charge in [0.25, 0.3) is 5.56 Å². The molecular weight excluding hydrogens is 470 g/mol. The van der Waals surface area contributed by atoms with E-state index >= 15 is 0 Å². The Hall–Kier alpha value is -4.18. The van der Waals surface area contributed by atoms with Crippen molar-refractivity contribution in [2.24, 2.45) is 13.0 Å². The fourth-order valence-electron chi connectivity index (χ4n) is 4.64. The van der Waals surface area contributed by atoms with E-state index in [1.54, 1.807) is 0 Å². The topological polar surface area (TPSA) is 132 Å². The van der Waals surface area contributed by atoms with Crippen molar-refractivity contribution in [1.29, 1.82) is 0 Å². The second-order valence-electron chi connectivity index (χ2n) is 9.60. The molecule has 10 nitrogen and oxygen atoms in total. The van der Waals surface area contributed by atoms with Crippen molar-refractivity contribution < 1.29 is 5.11 Å². The molecule has 0 fully saturated rings. The van der Waals surface area contributed by atoms with Crippen LogP contribution in [-0.2, 0) is 26.4 Å². The number of aliphatic hydroxyl groups is 1. The molecule has 2 aromatic carbocycles. The Balaban J connectivity index is 1.80. The van der Waals surface area contributed by atoms with Crippen LogP contribution in [0.25, 0.3) is 33.3 Å². The molecular formula is C27H29N7O3. The van der Waals surface area contributed by atoms with Crippen molar-refractivity contribution in [1.82, 2.24) is 34.5 Å². The lowest BCUT2D eigenvalue weighted by Gasteiger charge is -2.16. The van der Waals surface area contributed by atoms with Gasteiger partial charge in [0.1, 0.15) is 11.4 Å². The summed E-state index contributed by atoms with van der Waals surface area (Å²) in [5.74, 6) is 0.155. The van der Waals surface area contributed by atoms with Crippen LogP contribution in [0, 0.1) is 5.92 Å². The van der Waals surface area contributed by atoms with E-state index in [1.807, 2.05) is 38.1 Å². The van der Waals surface area contributed by atoms with E-state index in [0.29, 0.717) is 48.6 Å². The van der Waals surface area contributed by atoms with Gasteiger partial charge in [0.15, 0.2) is 11.2 Å². The molecule has 0 atom stereocenters. The Kier molecular flexibility index (Phi) is 6.66. The van der Waals surface area contributed by atoms with Crippen LogP contribution in [0.5, 0.6) is 0 Å². The van der Waals surface area contributed by atoms with Gasteiger partial charge in [-0.2, -0.15) is 15.4 Å². The van der Waals surface area contributed by atoms with Crippen LogP contribution in [0.4, 0.5) is 0 Å². The number of H-pyrrole nitrogens is 1. The number of rotatable bonds is 8. The van der Waals surface area contributed by atoms with Gasteiger partial charge in [-0.05, 0) is 35.1 Å². The molecule has 0 radical (unpaired) electrons. The lowest BCUT2D eigenvalue weighted by Crippen LogP contribution is -2.40. The Morgan fingerprint density at radius 1 is 0.973 bits per heavy atom. The van der Waals surface area contributed by atoms with E-state index in [4.69, 9.17) is 9.97 Å². The number of nitrogens with one attached hydrogen (secondary N) is 1. The van der Waals surface area contributed by atoms with Crippen LogP contribution in [0.3, 0.4) is 0 Å².